The summed E-state index contributed by atoms with van der Waals surface area (Å²) in [6, 6.07) is 0. The molecule has 1 aliphatic carbocycles. The number of carbonyl (C=O) groups excluding carboxylic acids is 2. The van der Waals surface area contributed by atoms with Gasteiger partial charge in [0.05, 0.1) is 12.8 Å². The van der Waals surface area contributed by atoms with Crippen molar-refractivity contribution < 1.29 is 29.4 Å². The van der Waals surface area contributed by atoms with Gasteiger partial charge < -0.3 is 20.8 Å². The van der Waals surface area contributed by atoms with Crippen molar-refractivity contribution in [2.75, 3.05) is 13.1 Å². The minimum Gasteiger partial charge on any atom is -0.481 e. The fourth-order valence-corrected chi connectivity index (χ4v) is 2.91. The molecule has 2 atom stereocenters. The standard InChI is InChI=1S/C16H26N2O6/c19-13(4-6-15(21)22)17-9-11-2-1-3-12(8-11)10-18-14(20)5-7-16(23)24/h11-12H,1-10H2,(H,17,19)(H,18,20)(H,21,22)(H,23,24). The zero-order valence-electron chi connectivity index (χ0n) is 13.8. The van der Waals surface area contributed by atoms with Crippen LogP contribution in [0.2, 0.25) is 0 Å². The monoisotopic (exact) mass is 342 g/mol. The number of hydrogen-bond donors (Lipinski definition) is 4. The topological polar surface area (TPSA) is 133 Å². The highest BCUT2D eigenvalue weighted by molar-refractivity contribution is 5.81. The second kappa shape index (κ2) is 10.6. The normalized spacial score (nSPS) is 20.2. The van der Waals surface area contributed by atoms with Crippen molar-refractivity contribution in [2.24, 2.45) is 11.8 Å². The Kier molecular flexibility index (Phi) is 8.81. The fraction of sp³-hybridized carbons (Fsp3) is 0.750. The summed E-state index contributed by atoms with van der Waals surface area (Å²) in [4.78, 5) is 43.9. The summed E-state index contributed by atoms with van der Waals surface area (Å²) in [7, 11) is 0. The summed E-state index contributed by atoms with van der Waals surface area (Å²) in [6.45, 7) is 1.06. The van der Waals surface area contributed by atoms with Crippen LogP contribution in [-0.4, -0.2) is 47.1 Å². The average molecular weight is 342 g/mol. The van der Waals surface area contributed by atoms with Crippen LogP contribution in [0.25, 0.3) is 0 Å². The molecule has 2 unspecified atom stereocenters. The van der Waals surface area contributed by atoms with E-state index in [-0.39, 0.29) is 37.5 Å². The van der Waals surface area contributed by atoms with Crippen LogP contribution in [0.5, 0.6) is 0 Å². The molecule has 8 heteroatoms. The lowest BCUT2D eigenvalue weighted by atomic mass is 9.81. The molecule has 0 aromatic rings. The Morgan fingerprint density at radius 3 is 1.54 bits per heavy atom. The van der Waals surface area contributed by atoms with E-state index in [0.29, 0.717) is 24.9 Å². The molecular formula is C16H26N2O6. The van der Waals surface area contributed by atoms with Gasteiger partial charge in [-0.15, -0.1) is 0 Å². The number of carbonyl (C=O) groups is 4. The molecule has 0 heterocycles. The van der Waals surface area contributed by atoms with Crippen molar-refractivity contribution in [2.45, 2.75) is 51.4 Å². The molecule has 1 rings (SSSR count). The summed E-state index contributed by atoms with van der Waals surface area (Å²) in [5.74, 6) is -1.81. The molecule has 8 nitrogen and oxygen atoms in total. The molecule has 24 heavy (non-hydrogen) atoms. The number of rotatable bonds is 10. The molecule has 2 amide bonds. The van der Waals surface area contributed by atoms with Gasteiger partial charge in [-0.2, -0.15) is 0 Å². The van der Waals surface area contributed by atoms with E-state index in [1.54, 1.807) is 0 Å². The number of hydrogen-bond acceptors (Lipinski definition) is 4. The van der Waals surface area contributed by atoms with Gasteiger partial charge in [0.1, 0.15) is 0 Å². The van der Waals surface area contributed by atoms with Gasteiger partial charge in [0.25, 0.3) is 0 Å². The lowest BCUT2D eigenvalue weighted by Crippen LogP contribution is -2.35. The van der Waals surface area contributed by atoms with Crippen LogP contribution in [0.4, 0.5) is 0 Å². The van der Waals surface area contributed by atoms with Crippen molar-refractivity contribution in [3.05, 3.63) is 0 Å². The minimum atomic E-state index is -0.985. The van der Waals surface area contributed by atoms with E-state index < -0.39 is 11.9 Å². The van der Waals surface area contributed by atoms with Crippen LogP contribution >= 0.6 is 0 Å². The minimum absolute atomic E-state index is 0.00881. The van der Waals surface area contributed by atoms with Crippen molar-refractivity contribution in [3.8, 4) is 0 Å². The van der Waals surface area contributed by atoms with Gasteiger partial charge in [0, 0.05) is 25.9 Å². The van der Waals surface area contributed by atoms with Crippen molar-refractivity contribution >= 4 is 23.8 Å². The predicted molar refractivity (Wildman–Crippen MR) is 85.2 cm³/mol. The summed E-state index contributed by atoms with van der Waals surface area (Å²) >= 11 is 0. The van der Waals surface area contributed by atoms with Crippen molar-refractivity contribution in [1.82, 2.24) is 10.6 Å². The lowest BCUT2D eigenvalue weighted by molar-refractivity contribution is -0.139. The Bertz CT molecular complexity index is 425. The Morgan fingerprint density at radius 1 is 0.750 bits per heavy atom. The third-order valence-electron chi connectivity index (χ3n) is 4.20. The third kappa shape index (κ3) is 9.12. The molecule has 1 fully saturated rings. The molecule has 136 valence electrons. The molecule has 0 spiro atoms. The highest BCUT2D eigenvalue weighted by Gasteiger charge is 2.23. The predicted octanol–water partition coefficient (Wildman–Crippen LogP) is 0.755. The van der Waals surface area contributed by atoms with Gasteiger partial charge in [-0.05, 0) is 31.1 Å². The van der Waals surface area contributed by atoms with E-state index in [0.717, 1.165) is 25.7 Å². The van der Waals surface area contributed by atoms with Crippen LogP contribution < -0.4 is 10.6 Å². The molecule has 1 saturated carbocycles. The van der Waals surface area contributed by atoms with Gasteiger partial charge in [-0.1, -0.05) is 6.42 Å². The molecule has 4 N–H and O–H groups in total. The van der Waals surface area contributed by atoms with Crippen LogP contribution in [0.1, 0.15) is 51.4 Å². The summed E-state index contributed by atoms with van der Waals surface area (Å²) in [5, 5.41) is 22.6. The molecule has 0 aromatic carbocycles. The highest BCUT2D eigenvalue weighted by Crippen LogP contribution is 2.28. The van der Waals surface area contributed by atoms with Gasteiger partial charge in [-0.3, -0.25) is 19.2 Å². The SMILES string of the molecule is O=C(O)CCC(=O)NCC1CCCC(CNC(=O)CCC(=O)O)C1. The van der Waals surface area contributed by atoms with Crippen LogP contribution in [0, 0.1) is 11.8 Å². The Morgan fingerprint density at radius 2 is 1.17 bits per heavy atom. The van der Waals surface area contributed by atoms with Crippen LogP contribution in [-0.2, 0) is 19.2 Å². The first-order valence-corrected chi connectivity index (χ1v) is 8.33. The average Bonchev–Trinajstić information content (AvgIpc) is 2.54. The van der Waals surface area contributed by atoms with E-state index in [2.05, 4.69) is 10.6 Å². The molecule has 1 aliphatic rings. The smallest absolute Gasteiger partial charge is 0.303 e. The van der Waals surface area contributed by atoms with E-state index in [1.807, 2.05) is 0 Å². The zero-order chi connectivity index (χ0) is 17.9. The maximum atomic E-state index is 11.5. The largest absolute Gasteiger partial charge is 0.481 e. The Labute approximate surface area is 141 Å². The quantitative estimate of drug-likeness (QED) is 0.463. The lowest BCUT2D eigenvalue weighted by Gasteiger charge is -2.29. The second-order valence-corrected chi connectivity index (χ2v) is 6.29. The van der Waals surface area contributed by atoms with Crippen molar-refractivity contribution in [3.63, 3.8) is 0 Å². The van der Waals surface area contributed by atoms with Crippen molar-refractivity contribution in [1.29, 1.82) is 0 Å². The summed E-state index contributed by atoms with van der Waals surface area (Å²) < 4.78 is 0. The molecule has 0 bridgehead atoms. The van der Waals surface area contributed by atoms with E-state index in [4.69, 9.17) is 10.2 Å². The first-order valence-electron chi connectivity index (χ1n) is 8.33. The number of carboxylic acid groups (broad SMARTS) is 2. The van der Waals surface area contributed by atoms with E-state index >= 15 is 0 Å². The highest BCUT2D eigenvalue weighted by atomic mass is 16.4. The number of nitrogens with one attached hydrogen (secondary N) is 2. The van der Waals surface area contributed by atoms with Gasteiger partial charge in [0.15, 0.2) is 0 Å². The van der Waals surface area contributed by atoms with Gasteiger partial charge in [0.2, 0.25) is 11.8 Å². The van der Waals surface area contributed by atoms with Crippen LogP contribution in [0.15, 0.2) is 0 Å². The zero-order valence-corrected chi connectivity index (χ0v) is 13.8. The van der Waals surface area contributed by atoms with E-state index in [1.165, 1.54) is 0 Å². The molecule has 0 aliphatic heterocycles. The number of aliphatic carboxylic acids is 2. The second-order valence-electron chi connectivity index (χ2n) is 6.29. The Balaban J connectivity index is 2.21. The maximum absolute atomic E-state index is 11.5. The molecule has 0 saturated heterocycles. The fourth-order valence-electron chi connectivity index (χ4n) is 2.91. The molecule has 0 aromatic heterocycles. The van der Waals surface area contributed by atoms with Gasteiger partial charge in [-0.25, -0.2) is 0 Å². The molecule has 0 radical (unpaired) electrons. The molecular weight excluding hydrogens is 316 g/mol. The van der Waals surface area contributed by atoms with Gasteiger partial charge >= 0.3 is 11.9 Å². The summed E-state index contributed by atoms with van der Waals surface area (Å²) in [6.07, 6.45) is 3.56. The first-order chi connectivity index (χ1) is 11.4. The first kappa shape index (κ1) is 19.9. The van der Waals surface area contributed by atoms with Crippen LogP contribution in [0.3, 0.4) is 0 Å². The third-order valence-corrected chi connectivity index (χ3v) is 4.20. The number of amides is 2. The number of carboxylic acids is 2. The maximum Gasteiger partial charge on any atom is 0.303 e. The van der Waals surface area contributed by atoms with E-state index in [9.17, 15) is 19.2 Å². The Hall–Kier alpha value is -2.12. The summed E-state index contributed by atoms with van der Waals surface area (Å²) in [5.41, 5.74) is 0.